The molecule has 0 atom stereocenters. The van der Waals surface area contributed by atoms with Crippen molar-refractivity contribution in [2.75, 3.05) is 0 Å². The molecule has 4 rings (SSSR count). The van der Waals surface area contributed by atoms with Crippen LogP contribution in [-0.4, -0.2) is 26.3 Å². The van der Waals surface area contributed by atoms with Crippen molar-refractivity contribution in [2.45, 2.75) is 26.8 Å². The Bertz CT molecular complexity index is 1480. The van der Waals surface area contributed by atoms with Gasteiger partial charge in [0.15, 0.2) is 17.4 Å². The number of carbonyl (C=O) groups excluding carboxylic acids is 2. The summed E-state index contributed by atoms with van der Waals surface area (Å²) in [4.78, 5) is 42.3. The Morgan fingerprint density at radius 3 is 2.27 bits per heavy atom. The fourth-order valence-corrected chi connectivity index (χ4v) is 3.87. The molecule has 2 aromatic carbocycles. The molecular formula is C24H18N4O5. The van der Waals surface area contributed by atoms with Gasteiger partial charge < -0.3 is 10.2 Å². The molecule has 164 valence electrons. The minimum absolute atomic E-state index is 0.0140. The minimum Gasteiger partial charge on any atom is -0.507 e. The number of aromatic hydroxyl groups is 2. The van der Waals surface area contributed by atoms with Crippen molar-refractivity contribution >= 4 is 28.6 Å². The van der Waals surface area contributed by atoms with E-state index in [0.717, 1.165) is 4.57 Å². The summed E-state index contributed by atoms with van der Waals surface area (Å²) in [7, 11) is 0. The van der Waals surface area contributed by atoms with E-state index in [1.165, 1.54) is 43.3 Å². The number of hydrogen-bond acceptors (Lipinski definition) is 7. The van der Waals surface area contributed by atoms with Gasteiger partial charge in [0.05, 0.1) is 23.4 Å². The Kier molecular flexibility index (Phi) is 5.35. The molecule has 2 N–H and O–H groups in total. The van der Waals surface area contributed by atoms with Gasteiger partial charge in [0, 0.05) is 17.7 Å². The van der Waals surface area contributed by atoms with Crippen LogP contribution in [-0.2, 0) is 6.54 Å². The predicted molar refractivity (Wildman–Crippen MR) is 119 cm³/mol. The van der Waals surface area contributed by atoms with Crippen molar-refractivity contribution in [1.29, 1.82) is 0 Å². The second-order valence-corrected chi connectivity index (χ2v) is 7.47. The van der Waals surface area contributed by atoms with Crippen LogP contribution in [0.3, 0.4) is 0 Å². The summed E-state index contributed by atoms with van der Waals surface area (Å²) < 4.78 is 1.06. The average molecular weight is 442 g/mol. The molecule has 0 bridgehead atoms. The molecule has 3 aromatic rings. The molecule has 1 aliphatic rings. The van der Waals surface area contributed by atoms with Crippen molar-refractivity contribution in [2.24, 2.45) is 10.2 Å². The number of pyridine rings is 1. The first kappa shape index (κ1) is 21.6. The highest BCUT2D eigenvalue weighted by molar-refractivity contribution is 6.30. The maximum atomic E-state index is 13.2. The van der Waals surface area contributed by atoms with Gasteiger partial charge in [-0.15, -0.1) is 10.2 Å². The summed E-state index contributed by atoms with van der Waals surface area (Å²) in [5, 5.41) is 28.5. The van der Waals surface area contributed by atoms with Crippen LogP contribution >= 0.6 is 0 Å². The Hall–Kier alpha value is -4.58. The van der Waals surface area contributed by atoms with Gasteiger partial charge in [0.1, 0.15) is 11.4 Å². The molecule has 1 heterocycles. The first-order valence-electron chi connectivity index (χ1n) is 10.1. The number of ketones is 2. The average Bonchev–Trinajstić information content (AvgIpc) is 2.80. The van der Waals surface area contributed by atoms with Crippen molar-refractivity contribution in [1.82, 2.24) is 4.57 Å². The first-order chi connectivity index (χ1) is 15.8. The van der Waals surface area contributed by atoms with Crippen molar-refractivity contribution in [3.63, 3.8) is 0 Å². The molecule has 9 heteroatoms. The zero-order chi connectivity index (χ0) is 23.9. The molecule has 0 aliphatic heterocycles. The highest BCUT2D eigenvalue weighted by atomic mass is 16.3. The van der Waals surface area contributed by atoms with Crippen LogP contribution in [0.4, 0.5) is 17.1 Å². The van der Waals surface area contributed by atoms with E-state index in [1.807, 2.05) is 6.92 Å². The molecule has 0 fully saturated rings. The number of rotatable bonds is 4. The topological polar surface area (TPSA) is 126 Å². The zero-order valence-electron chi connectivity index (χ0n) is 17.8. The number of azo groups is 1. The maximum absolute atomic E-state index is 13.2. The summed E-state index contributed by atoms with van der Waals surface area (Å²) in [6.45, 7) is 10.8. The lowest BCUT2D eigenvalue weighted by Crippen LogP contribution is -2.21. The van der Waals surface area contributed by atoms with Crippen molar-refractivity contribution < 1.29 is 19.8 Å². The number of nitrogens with zero attached hydrogens (tertiary/aromatic N) is 4. The molecule has 0 saturated heterocycles. The molecule has 0 unspecified atom stereocenters. The first-order valence-corrected chi connectivity index (χ1v) is 10.1. The van der Waals surface area contributed by atoms with Crippen LogP contribution in [0.2, 0.25) is 0 Å². The third kappa shape index (κ3) is 3.29. The number of aromatic nitrogens is 1. The Balaban J connectivity index is 1.89. The quantitative estimate of drug-likeness (QED) is 0.349. The molecule has 0 saturated carbocycles. The highest BCUT2D eigenvalue weighted by Gasteiger charge is 2.33. The van der Waals surface area contributed by atoms with Crippen LogP contribution < -0.4 is 5.56 Å². The van der Waals surface area contributed by atoms with Crippen molar-refractivity contribution in [3.05, 3.63) is 86.0 Å². The fraction of sp³-hybridized carbons (Fsp3) is 0.167. The van der Waals surface area contributed by atoms with Gasteiger partial charge in [-0.05, 0) is 31.0 Å². The zero-order valence-corrected chi connectivity index (χ0v) is 17.8. The summed E-state index contributed by atoms with van der Waals surface area (Å²) >= 11 is 0. The van der Waals surface area contributed by atoms with E-state index in [2.05, 4.69) is 15.1 Å². The summed E-state index contributed by atoms with van der Waals surface area (Å²) in [5.74, 6) is -1.73. The molecule has 0 amide bonds. The molecule has 0 spiro atoms. The van der Waals surface area contributed by atoms with E-state index in [9.17, 15) is 24.6 Å². The smallest absolute Gasteiger partial charge is 0.279 e. The van der Waals surface area contributed by atoms with E-state index < -0.39 is 23.0 Å². The van der Waals surface area contributed by atoms with Gasteiger partial charge >= 0.3 is 0 Å². The predicted octanol–water partition coefficient (Wildman–Crippen LogP) is 4.72. The monoisotopic (exact) mass is 442 g/mol. The Morgan fingerprint density at radius 1 is 0.970 bits per heavy atom. The maximum Gasteiger partial charge on any atom is 0.279 e. The molecule has 1 aliphatic carbocycles. The minimum atomic E-state index is -0.620. The number of carbonyl (C=O) groups is 2. The lowest BCUT2D eigenvalue weighted by atomic mass is 9.83. The molecule has 0 radical (unpaired) electrons. The summed E-state index contributed by atoms with van der Waals surface area (Å²) in [6.07, 6.45) is 0.541. The number of hydrogen-bond donors (Lipinski definition) is 2. The van der Waals surface area contributed by atoms with E-state index >= 15 is 0 Å². The fourth-order valence-electron chi connectivity index (χ4n) is 3.87. The van der Waals surface area contributed by atoms with Gasteiger partial charge in [-0.3, -0.25) is 19.0 Å². The van der Waals surface area contributed by atoms with Gasteiger partial charge in [-0.25, -0.2) is 4.85 Å². The lowest BCUT2D eigenvalue weighted by molar-refractivity contribution is 0.0977. The van der Waals surface area contributed by atoms with Gasteiger partial charge in [0.2, 0.25) is 5.69 Å². The second kappa shape index (κ2) is 8.16. The highest BCUT2D eigenvalue weighted by Crippen LogP contribution is 2.38. The van der Waals surface area contributed by atoms with Crippen LogP contribution in [0.25, 0.3) is 4.85 Å². The van der Waals surface area contributed by atoms with E-state index in [4.69, 9.17) is 6.57 Å². The van der Waals surface area contributed by atoms with E-state index in [1.54, 1.807) is 0 Å². The molecular weight excluding hydrogens is 424 g/mol. The van der Waals surface area contributed by atoms with Crippen LogP contribution in [0.15, 0.2) is 51.4 Å². The number of benzene rings is 2. The summed E-state index contributed by atoms with van der Waals surface area (Å²) in [6, 6.07) is 8.71. The Morgan fingerprint density at radius 2 is 1.61 bits per heavy atom. The number of phenolic OH excluding ortho intramolecular Hbond substituents is 1. The largest absolute Gasteiger partial charge is 0.507 e. The third-order valence-corrected chi connectivity index (χ3v) is 5.47. The Labute approximate surface area is 188 Å². The lowest BCUT2D eigenvalue weighted by Gasteiger charge is -2.19. The normalized spacial score (nSPS) is 12.5. The molecule has 9 nitrogen and oxygen atoms in total. The van der Waals surface area contributed by atoms with E-state index in [-0.39, 0.29) is 57.2 Å². The number of phenols is 1. The standard InChI is InChI=1S/C24H18N4O5/c1-4-11-28-23(32)19(25-3)12(2)20(24(28)33)27-26-15-9-5-7-13-17(15)21(30)14-8-6-10-16(29)18(14)22(13)31/h5-10,29,32H,4,11H2,1-2H3. The van der Waals surface area contributed by atoms with Crippen LogP contribution in [0.5, 0.6) is 11.6 Å². The van der Waals surface area contributed by atoms with Crippen LogP contribution in [0.1, 0.15) is 50.8 Å². The van der Waals surface area contributed by atoms with Gasteiger partial charge in [0.25, 0.3) is 5.56 Å². The van der Waals surface area contributed by atoms with E-state index in [0.29, 0.717) is 6.42 Å². The van der Waals surface area contributed by atoms with Gasteiger partial charge in [-0.2, -0.15) is 0 Å². The third-order valence-electron chi connectivity index (χ3n) is 5.47. The van der Waals surface area contributed by atoms with Crippen LogP contribution in [0, 0.1) is 13.5 Å². The van der Waals surface area contributed by atoms with Crippen molar-refractivity contribution in [3.8, 4) is 11.6 Å². The number of fused-ring (bicyclic) bond motifs is 2. The SMILES string of the molecule is [C-]#[N+]c1c(C)c(N=Nc2cccc3c2C(=O)c2cccc(O)c2C3=O)c(=O)n(CCC)c1O. The summed E-state index contributed by atoms with van der Waals surface area (Å²) in [5.41, 5.74) is -0.577. The van der Waals surface area contributed by atoms with Gasteiger partial charge in [-0.1, -0.05) is 31.2 Å². The molecule has 1 aromatic heterocycles. The molecule has 33 heavy (non-hydrogen) atoms. The second-order valence-electron chi connectivity index (χ2n) is 7.47.